The molecule has 0 saturated carbocycles. The minimum Gasteiger partial charge on any atom is -0.496 e. The van der Waals surface area contributed by atoms with Crippen molar-refractivity contribution in [2.75, 3.05) is 26.7 Å². The molecule has 4 nitrogen and oxygen atoms in total. The average molecular weight is 290 g/mol. The Morgan fingerprint density at radius 1 is 1.10 bits per heavy atom. The van der Waals surface area contributed by atoms with E-state index in [2.05, 4.69) is 41.0 Å². The van der Waals surface area contributed by atoms with E-state index >= 15 is 0 Å². The van der Waals surface area contributed by atoms with Crippen molar-refractivity contribution in [3.8, 4) is 5.75 Å². The van der Waals surface area contributed by atoms with Gasteiger partial charge in [0.25, 0.3) is 0 Å². The van der Waals surface area contributed by atoms with Gasteiger partial charge < -0.3 is 20.5 Å². The van der Waals surface area contributed by atoms with Gasteiger partial charge in [-0.05, 0) is 23.8 Å². The molecule has 0 saturated heterocycles. The monoisotopic (exact) mass is 290 g/mol. The Morgan fingerprint density at radius 2 is 1.86 bits per heavy atom. The highest BCUT2D eigenvalue weighted by Crippen LogP contribution is 2.26. The number of hydrogen-bond acceptors (Lipinski definition) is 2. The van der Waals surface area contributed by atoms with E-state index in [1.165, 1.54) is 16.3 Å². The zero-order valence-electron chi connectivity index (χ0n) is 12.9. The Morgan fingerprint density at radius 3 is 2.62 bits per heavy atom. The van der Waals surface area contributed by atoms with Crippen LogP contribution in [0.15, 0.2) is 36.4 Å². The van der Waals surface area contributed by atoms with E-state index in [9.17, 15) is 5.11 Å². The van der Waals surface area contributed by atoms with Crippen molar-refractivity contribution < 1.29 is 20.5 Å². The molecule has 0 aromatic heterocycles. The molecule has 0 heterocycles. The SMILES string of the molecule is COc1ccc2ccccc2c1C[NH2+]CC[NH2+]C[C@@H](C)O. The summed E-state index contributed by atoms with van der Waals surface area (Å²) in [6, 6.07) is 12.6. The molecule has 0 amide bonds. The minimum absolute atomic E-state index is 0.233. The Kier molecular flexibility index (Phi) is 5.99. The van der Waals surface area contributed by atoms with E-state index in [4.69, 9.17) is 4.74 Å². The molecule has 2 rings (SSSR count). The van der Waals surface area contributed by atoms with Gasteiger partial charge in [0, 0.05) is 0 Å². The van der Waals surface area contributed by atoms with Crippen LogP contribution in [0, 0.1) is 0 Å². The van der Waals surface area contributed by atoms with E-state index in [0.29, 0.717) is 0 Å². The number of benzene rings is 2. The van der Waals surface area contributed by atoms with Crippen LogP contribution in [-0.4, -0.2) is 38.0 Å². The highest BCUT2D eigenvalue weighted by atomic mass is 16.5. The van der Waals surface area contributed by atoms with Gasteiger partial charge in [-0.15, -0.1) is 0 Å². The molecule has 0 aliphatic carbocycles. The molecule has 0 aliphatic rings. The Balaban J connectivity index is 1.97. The molecule has 4 heteroatoms. The van der Waals surface area contributed by atoms with Crippen molar-refractivity contribution in [2.24, 2.45) is 0 Å². The molecule has 1 atom stereocenters. The Labute approximate surface area is 126 Å². The molecular weight excluding hydrogens is 264 g/mol. The maximum atomic E-state index is 9.22. The van der Waals surface area contributed by atoms with Gasteiger partial charge in [0.1, 0.15) is 31.9 Å². The first-order valence-corrected chi connectivity index (χ1v) is 7.58. The van der Waals surface area contributed by atoms with E-state index in [1.54, 1.807) is 7.11 Å². The van der Waals surface area contributed by atoms with Crippen LogP contribution < -0.4 is 15.4 Å². The predicted octanol–water partition coefficient (Wildman–Crippen LogP) is -0.144. The standard InChI is InChI=1S/C17H24N2O2/c1-13(20)11-18-9-10-19-12-16-15-6-4-3-5-14(15)7-8-17(16)21-2/h3-8,13,18-20H,9-12H2,1-2H3/p+2/t13-/m1/s1. The lowest BCUT2D eigenvalue weighted by atomic mass is 10.0. The summed E-state index contributed by atoms with van der Waals surface area (Å²) in [5.74, 6) is 0.956. The third kappa shape index (κ3) is 4.43. The van der Waals surface area contributed by atoms with Crippen LogP contribution in [-0.2, 0) is 6.54 Å². The number of methoxy groups -OCH3 is 1. The quantitative estimate of drug-likeness (QED) is 0.592. The van der Waals surface area contributed by atoms with Crippen LogP contribution in [0.2, 0.25) is 0 Å². The second-order valence-corrected chi connectivity index (χ2v) is 5.41. The maximum absolute atomic E-state index is 9.22. The fraction of sp³-hybridized carbons (Fsp3) is 0.412. The van der Waals surface area contributed by atoms with E-state index in [1.807, 2.05) is 13.0 Å². The molecule has 114 valence electrons. The number of ether oxygens (including phenoxy) is 1. The second-order valence-electron chi connectivity index (χ2n) is 5.41. The molecule has 5 N–H and O–H groups in total. The number of fused-ring (bicyclic) bond motifs is 1. The molecule has 0 radical (unpaired) electrons. The van der Waals surface area contributed by atoms with Gasteiger partial charge >= 0.3 is 0 Å². The van der Waals surface area contributed by atoms with Crippen molar-refractivity contribution in [1.29, 1.82) is 0 Å². The lowest BCUT2D eigenvalue weighted by molar-refractivity contribution is -0.733. The molecule has 2 aromatic rings. The molecule has 0 unspecified atom stereocenters. The van der Waals surface area contributed by atoms with Gasteiger partial charge in [0.2, 0.25) is 0 Å². The number of aliphatic hydroxyl groups is 1. The van der Waals surface area contributed by atoms with Crippen molar-refractivity contribution >= 4 is 10.8 Å². The summed E-state index contributed by atoms with van der Waals surface area (Å²) in [4.78, 5) is 0. The van der Waals surface area contributed by atoms with Crippen LogP contribution in [0.3, 0.4) is 0 Å². The fourth-order valence-electron chi connectivity index (χ4n) is 2.56. The molecule has 2 aromatic carbocycles. The minimum atomic E-state index is -0.233. The van der Waals surface area contributed by atoms with Crippen LogP contribution in [0.5, 0.6) is 5.75 Å². The summed E-state index contributed by atoms with van der Waals surface area (Å²) >= 11 is 0. The number of nitrogens with two attached hydrogens (primary N) is 2. The number of aliphatic hydroxyl groups excluding tert-OH is 1. The summed E-state index contributed by atoms with van der Waals surface area (Å²) in [6.45, 7) is 5.54. The number of rotatable bonds is 8. The molecule has 0 aliphatic heterocycles. The van der Waals surface area contributed by atoms with Crippen molar-refractivity contribution in [3.05, 3.63) is 42.0 Å². The average Bonchev–Trinajstić information content (AvgIpc) is 2.50. The van der Waals surface area contributed by atoms with Crippen LogP contribution in [0.1, 0.15) is 12.5 Å². The zero-order valence-corrected chi connectivity index (χ0v) is 12.9. The number of quaternary nitrogens is 2. The predicted molar refractivity (Wildman–Crippen MR) is 84.3 cm³/mol. The normalized spacial score (nSPS) is 12.5. The largest absolute Gasteiger partial charge is 0.496 e. The summed E-state index contributed by atoms with van der Waals surface area (Å²) < 4.78 is 5.50. The van der Waals surface area contributed by atoms with Crippen molar-refractivity contribution in [1.82, 2.24) is 0 Å². The van der Waals surface area contributed by atoms with Gasteiger partial charge in [-0.2, -0.15) is 0 Å². The fourth-order valence-corrected chi connectivity index (χ4v) is 2.56. The topological polar surface area (TPSA) is 62.7 Å². The third-order valence-electron chi connectivity index (χ3n) is 3.65. The molecule has 0 spiro atoms. The van der Waals surface area contributed by atoms with E-state index in [0.717, 1.165) is 31.9 Å². The maximum Gasteiger partial charge on any atom is 0.128 e. The smallest absolute Gasteiger partial charge is 0.128 e. The first-order valence-electron chi connectivity index (χ1n) is 7.58. The van der Waals surface area contributed by atoms with Gasteiger partial charge in [-0.1, -0.05) is 30.3 Å². The summed E-state index contributed by atoms with van der Waals surface area (Å²) in [6.07, 6.45) is -0.233. The summed E-state index contributed by atoms with van der Waals surface area (Å²) in [5, 5.41) is 16.2. The van der Waals surface area contributed by atoms with E-state index in [-0.39, 0.29) is 6.10 Å². The first kappa shape index (κ1) is 15.8. The lowest BCUT2D eigenvalue weighted by Gasteiger charge is -2.11. The van der Waals surface area contributed by atoms with Crippen LogP contribution >= 0.6 is 0 Å². The second kappa shape index (κ2) is 7.98. The highest BCUT2D eigenvalue weighted by molar-refractivity contribution is 5.87. The van der Waals surface area contributed by atoms with E-state index < -0.39 is 0 Å². The van der Waals surface area contributed by atoms with Crippen LogP contribution in [0.25, 0.3) is 10.8 Å². The van der Waals surface area contributed by atoms with Gasteiger partial charge in [-0.3, -0.25) is 0 Å². The first-order chi connectivity index (χ1) is 10.2. The van der Waals surface area contributed by atoms with Crippen molar-refractivity contribution in [2.45, 2.75) is 19.6 Å². The molecule has 0 bridgehead atoms. The molecule has 0 fully saturated rings. The Bertz CT molecular complexity index is 570. The summed E-state index contributed by atoms with van der Waals surface area (Å²) in [7, 11) is 1.73. The molecule has 21 heavy (non-hydrogen) atoms. The summed E-state index contributed by atoms with van der Waals surface area (Å²) in [5.41, 5.74) is 1.26. The third-order valence-corrected chi connectivity index (χ3v) is 3.65. The lowest BCUT2D eigenvalue weighted by Crippen LogP contribution is -2.95. The van der Waals surface area contributed by atoms with Gasteiger partial charge in [-0.25, -0.2) is 0 Å². The van der Waals surface area contributed by atoms with Gasteiger partial charge in [0.15, 0.2) is 0 Å². The number of hydrogen-bond donors (Lipinski definition) is 3. The van der Waals surface area contributed by atoms with Crippen LogP contribution in [0.4, 0.5) is 0 Å². The highest BCUT2D eigenvalue weighted by Gasteiger charge is 2.09. The Hall–Kier alpha value is -1.62. The van der Waals surface area contributed by atoms with Gasteiger partial charge in [0.05, 0.1) is 18.8 Å². The zero-order chi connectivity index (χ0) is 15.1. The van der Waals surface area contributed by atoms with Crippen molar-refractivity contribution in [3.63, 3.8) is 0 Å². The molecular formula is C17H26N2O2+2.